The molecule has 1 heterocycles. The van der Waals surface area contributed by atoms with Gasteiger partial charge >= 0.3 is 0 Å². The Hall–Kier alpha value is -1.19. The molecular weight excluding hydrogens is 152 g/mol. The average molecular weight is 168 g/mol. The zero-order valence-corrected chi connectivity index (χ0v) is 7.45. The van der Waals surface area contributed by atoms with E-state index < -0.39 is 0 Å². The zero-order chi connectivity index (χ0) is 8.81. The van der Waals surface area contributed by atoms with Gasteiger partial charge in [0.15, 0.2) is 0 Å². The zero-order valence-electron chi connectivity index (χ0n) is 7.45. The van der Waals surface area contributed by atoms with E-state index in [1.807, 2.05) is 11.2 Å². The Balaban J connectivity index is 2.16. The standard InChI is InChI=1S/C8H16N4/c1-2-3-4-6-12-7-5-8(9)10-11-12/h5,7,11H,2-4,6H2,1H3,(H2,9,10). The van der Waals surface area contributed by atoms with Crippen molar-refractivity contribution in [1.82, 2.24) is 10.5 Å². The minimum atomic E-state index is 0.529. The second kappa shape index (κ2) is 4.64. The molecule has 0 aliphatic carbocycles. The molecule has 0 spiro atoms. The number of nitrogens with one attached hydrogen (secondary N) is 1. The molecule has 1 aliphatic rings. The predicted octanol–water partition coefficient (Wildman–Crippen LogP) is 0.783. The summed E-state index contributed by atoms with van der Waals surface area (Å²) >= 11 is 0. The number of amidine groups is 1. The van der Waals surface area contributed by atoms with Crippen LogP contribution in [-0.2, 0) is 0 Å². The van der Waals surface area contributed by atoms with Crippen LogP contribution in [0.25, 0.3) is 0 Å². The van der Waals surface area contributed by atoms with Crippen molar-refractivity contribution in [3.8, 4) is 0 Å². The molecule has 0 fully saturated rings. The molecule has 4 heteroatoms. The van der Waals surface area contributed by atoms with E-state index in [4.69, 9.17) is 5.73 Å². The van der Waals surface area contributed by atoms with E-state index in [1.54, 1.807) is 6.08 Å². The van der Waals surface area contributed by atoms with Gasteiger partial charge in [0.2, 0.25) is 0 Å². The lowest BCUT2D eigenvalue weighted by molar-refractivity contribution is 0.267. The lowest BCUT2D eigenvalue weighted by atomic mass is 10.2. The minimum Gasteiger partial charge on any atom is -0.382 e. The number of hydrazone groups is 1. The summed E-state index contributed by atoms with van der Waals surface area (Å²) in [4.78, 5) is 0. The van der Waals surface area contributed by atoms with E-state index in [-0.39, 0.29) is 0 Å². The van der Waals surface area contributed by atoms with Crippen molar-refractivity contribution >= 4 is 5.84 Å². The van der Waals surface area contributed by atoms with Gasteiger partial charge in [-0.15, -0.1) is 5.10 Å². The topological polar surface area (TPSA) is 53.6 Å². The van der Waals surface area contributed by atoms with Crippen LogP contribution in [0.2, 0.25) is 0 Å². The normalized spacial score (nSPS) is 15.8. The summed E-state index contributed by atoms with van der Waals surface area (Å²) in [5.74, 6) is 0.529. The highest BCUT2D eigenvalue weighted by atomic mass is 15.7. The fraction of sp³-hybridized carbons (Fsp3) is 0.625. The summed E-state index contributed by atoms with van der Waals surface area (Å²) in [5.41, 5.74) is 8.26. The third-order valence-corrected chi connectivity index (χ3v) is 1.74. The number of hydrogen-bond donors (Lipinski definition) is 2. The van der Waals surface area contributed by atoms with Crippen molar-refractivity contribution in [2.45, 2.75) is 26.2 Å². The Morgan fingerprint density at radius 1 is 1.58 bits per heavy atom. The molecule has 0 radical (unpaired) electrons. The molecule has 0 atom stereocenters. The molecule has 0 saturated carbocycles. The first kappa shape index (κ1) is 8.90. The average Bonchev–Trinajstić information content (AvgIpc) is 2.09. The second-order valence-electron chi connectivity index (χ2n) is 2.85. The first-order chi connectivity index (χ1) is 5.83. The number of unbranched alkanes of at least 4 members (excludes halogenated alkanes) is 2. The maximum Gasteiger partial charge on any atom is 0.146 e. The summed E-state index contributed by atoms with van der Waals surface area (Å²) in [6.45, 7) is 3.18. The van der Waals surface area contributed by atoms with E-state index in [0.717, 1.165) is 6.54 Å². The minimum absolute atomic E-state index is 0.529. The molecule has 0 amide bonds. The highest BCUT2D eigenvalue weighted by molar-refractivity contribution is 5.91. The molecule has 0 saturated heterocycles. The van der Waals surface area contributed by atoms with E-state index >= 15 is 0 Å². The van der Waals surface area contributed by atoms with Gasteiger partial charge in [-0.3, -0.25) is 5.01 Å². The van der Waals surface area contributed by atoms with Crippen molar-refractivity contribution in [3.63, 3.8) is 0 Å². The SMILES string of the molecule is CCCCCN1C=CC(N)=NN1. The van der Waals surface area contributed by atoms with Gasteiger partial charge in [-0.25, -0.2) is 5.53 Å². The molecule has 3 N–H and O–H groups in total. The molecule has 12 heavy (non-hydrogen) atoms. The van der Waals surface area contributed by atoms with Gasteiger partial charge in [0.1, 0.15) is 5.84 Å². The van der Waals surface area contributed by atoms with E-state index in [0.29, 0.717) is 5.84 Å². The largest absolute Gasteiger partial charge is 0.382 e. The van der Waals surface area contributed by atoms with Crippen LogP contribution in [-0.4, -0.2) is 17.4 Å². The molecule has 0 aromatic heterocycles. The fourth-order valence-corrected chi connectivity index (χ4v) is 1.02. The van der Waals surface area contributed by atoms with E-state index in [2.05, 4.69) is 17.6 Å². The quantitative estimate of drug-likeness (QED) is 0.610. The van der Waals surface area contributed by atoms with Crippen LogP contribution in [0, 0.1) is 0 Å². The molecular formula is C8H16N4. The first-order valence-corrected chi connectivity index (χ1v) is 4.36. The molecule has 68 valence electrons. The number of rotatable bonds is 4. The number of hydrogen-bond acceptors (Lipinski definition) is 4. The third-order valence-electron chi connectivity index (χ3n) is 1.74. The Morgan fingerprint density at radius 2 is 2.42 bits per heavy atom. The Bertz CT molecular complexity index is 185. The molecule has 4 nitrogen and oxygen atoms in total. The predicted molar refractivity (Wildman–Crippen MR) is 50.1 cm³/mol. The van der Waals surface area contributed by atoms with E-state index in [9.17, 15) is 0 Å². The summed E-state index contributed by atoms with van der Waals surface area (Å²) in [7, 11) is 0. The monoisotopic (exact) mass is 168 g/mol. The molecule has 0 aromatic rings. The summed E-state index contributed by atoms with van der Waals surface area (Å²) in [5, 5.41) is 5.81. The lowest BCUT2D eigenvalue weighted by Crippen LogP contribution is -2.35. The van der Waals surface area contributed by atoms with Gasteiger partial charge in [0.05, 0.1) is 0 Å². The van der Waals surface area contributed by atoms with Crippen LogP contribution in [0.15, 0.2) is 17.4 Å². The van der Waals surface area contributed by atoms with Crippen molar-refractivity contribution in [2.24, 2.45) is 10.8 Å². The Labute approximate surface area is 73.1 Å². The fourth-order valence-electron chi connectivity index (χ4n) is 1.02. The van der Waals surface area contributed by atoms with Crippen molar-refractivity contribution in [2.75, 3.05) is 6.54 Å². The van der Waals surface area contributed by atoms with Crippen LogP contribution in [0.1, 0.15) is 26.2 Å². The maximum absolute atomic E-state index is 5.43. The second-order valence-corrected chi connectivity index (χ2v) is 2.85. The number of hydrazine groups is 1. The first-order valence-electron chi connectivity index (χ1n) is 4.36. The molecule has 0 bridgehead atoms. The third kappa shape index (κ3) is 2.82. The highest BCUT2D eigenvalue weighted by Crippen LogP contribution is 1.98. The molecule has 1 rings (SSSR count). The van der Waals surface area contributed by atoms with Gasteiger partial charge in [-0.1, -0.05) is 19.8 Å². The molecule has 0 unspecified atom stereocenters. The Morgan fingerprint density at radius 3 is 3.00 bits per heavy atom. The van der Waals surface area contributed by atoms with Gasteiger partial charge < -0.3 is 5.73 Å². The van der Waals surface area contributed by atoms with Gasteiger partial charge in [0.25, 0.3) is 0 Å². The Kier molecular flexibility index (Phi) is 3.44. The van der Waals surface area contributed by atoms with Crippen LogP contribution in [0.3, 0.4) is 0 Å². The van der Waals surface area contributed by atoms with Gasteiger partial charge in [-0.05, 0) is 12.5 Å². The highest BCUT2D eigenvalue weighted by Gasteiger charge is 2.00. The van der Waals surface area contributed by atoms with Crippen molar-refractivity contribution in [1.29, 1.82) is 0 Å². The van der Waals surface area contributed by atoms with Crippen LogP contribution >= 0.6 is 0 Å². The number of nitrogens with zero attached hydrogens (tertiary/aromatic N) is 2. The lowest BCUT2D eigenvalue weighted by Gasteiger charge is -2.21. The summed E-state index contributed by atoms with van der Waals surface area (Å²) in [6, 6.07) is 0. The summed E-state index contributed by atoms with van der Waals surface area (Å²) in [6.07, 6.45) is 7.39. The maximum atomic E-state index is 5.43. The molecule has 0 aromatic carbocycles. The molecule has 1 aliphatic heterocycles. The van der Waals surface area contributed by atoms with Crippen LogP contribution in [0.4, 0.5) is 0 Å². The summed E-state index contributed by atoms with van der Waals surface area (Å²) < 4.78 is 0. The van der Waals surface area contributed by atoms with Crippen molar-refractivity contribution in [3.05, 3.63) is 12.3 Å². The van der Waals surface area contributed by atoms with Gasteiger partial charge in [0, 0.05) is 12.7 Å². The van der Waals surface area contributed by atoms with Crippen molar-refractivity contribution < 1.29 is 0 Å². The number of nitrogens with two attached hydrogens (primary N) is 1. The van der Waals surface area contributed by atoms with Gasteiger partial charge in [-0.2, -0.15) is 0 Å². The van der Waals surface area contributed by atoms with E-state index in [1.165, 1.54) is 19.3 Å². The van der Waals surface area contributed by atoms with Crippen LogP contribution < -0.4 is 11.3 Å². The van der Waals surface area contributed by atoms with Crippen LogP contribution in [0.5, 0.6) is 0 Å². The smallest absolute Gasteiger partial charge is 0.146 e.